The first-order chi connectivity index (χ1) is 9.10. The van der Waals surface area contributed by atoms with Crippen molar-refractivity contribution in [2.45, 2.75) is 50.2 Å². The number of rotatable bonds is 6. The van der Waals surface area contributed by atoms with Gasteiger partial charge in [-0.05, 0) is 19.3 Å². The molecule has 20 heavy (non-hydrogen) atoms. The van der Waals surface area contributed by atoms with Crippen molar-refractivity contribution in [3.8, 4) is 0 Å². The molecule has 0 heterocycles. The summed E-state index contributed by atoms with van der Waals surface area (Å²) in [7, 11) is -3.92. The Hall–Kier alpha value is -1.03. The number of hydrogen-bond acceptors (Lipinski definition) is 4. The van der Waals surface area contributed by atoms with Crippen LogP contribution in [-0.2, 0) is 10.0 Å². The fourth-order valence-electron chi connectivity index (χ4n) is 2.30. The zero-order valence-electron chi connectivity index (χ0n) is 10.8. The molecule has 1 fully saturated rings. The lowest BCUT2D eigenvalue weighted by atomic mass is 9.98. The average Bonchev–Trinajstić information content (AvgIpc) is 2.74. The van der Waals surface area contributed by atoms with Crippen LogP contribution in [0.4, 0.5) is 13.2 Å². The third-order valence-corrected chi connectivity index (χ3v) is 4.81. The van der Waals surface area contributed by atoms with Gasteiger partial charge < -0.3 is 10.9 Å². The van der Waals surface area contributed by atoms with Crippen LogP contribution in [0.3, 0.4) is 0 Å². The van der Waals surface area contributed by atoms with Crippen molar-refractivity contribution in [3.63, 3.8) is 0 Å². The van der Waals surface area contributed by atoms with E-state index in [1.165, 1.54) is 0 Å². The summed E-state index contributed by atoms with van der Waals surface area (Å²) < 4.78 is 62.0. The van der Waals surface area contributed by atoms with Gasteiger partial charge in [0.15, 0.2) is 5.84 Å². The predicted molar refractivity (Wildman–Crippen MR) is 66.8 cm³/mol. The van der Waals surface area contributed by atoms with E-state index < -0.39 is 40.3 Å². The lowest BCUT2D eigenvalue weighted by Gasteiger charge is -2.28. The second kappa shape index (κ2) is 6.17. The molecule has 0 atom stereocenters. The zero-order chi connectivity index (χ0) is 15.4. The lowest BCUT2D eigenvalue weighted by molar-refractivity contribution is -0.134. The molecule has 0 radical (unpaired) electrons. The molecule has 1 aliphatic rings. The van der Waals surface area contributed by atoms with Gasteiger partial charge in [0, 0.05) is 6.42 Å². The van der Waals surface area contributed by atoms with Crippen LogP contribution >= 0.6 is 0 Å². The van der Waals surface area contributed by atoms with Crippen molar-refractivity contribution in [1.29, 1.82) is 0 Å². The summed E-state index contributed by atoms with van der Waals surface area (Å²) in [4.78, 5) is 0. The maximum atomic E-state index is 12.0. The Morgan fingerprint density at radius 3 is 2.35 bits per heavy atom. The number of oxime groups is 1. The van der Waals surface area contributed by atoms with Gasteiger partial charge in [0.05, 0.1) is 11.3 Å². The summed E-state index contributed by atoms with van der Waals surface area (Å²) >= 11 is 0. The minimum Gasteiger partial charge on any atom is -0.409 e. The summed E-state index contributed by atoms with van der Waals surface area (Å²) in [6.07, 6.45) is -3.95. The lowest BCUT2D eigenvalue weighted by Crippen LogP contribution is -2.56. The second-order valence-electron chi connectivity index (χ2n) is 4.91. The molecule has 0 unspecified atom stereocenters. The van der Waals surface area contributed by atoms with Crippen molar-refractivity contribution in [3.05, 3.63) is 0 Å². The first-order valence-corrected chi connectivity index (χ1v) is 7.82. The van der Waals surface area contributed by atoms with Gasteiger partial charge in [0.1, 0.15) is 0 Å². The van der Waals surface area contributed by atoms with E-state index in [0.717, 1.165) is 0 Å². The number of nitrogens with zero attached hydrogens (tertiary/aromatic N) is 1. The van der Waals surface area contributed by atoms with Gasteiger partial charge in [0.25, 0.3) is 0 Å². The first-order valence-electron chi connectivity index (χ1n) is 6.17. The standard InChI is InChI=1S/C10H18F3N3O3S/c11-10(12,13)6-3-7-20(18,19)16-9(8(14)15-17)4-1-2-5-9/h16-17H,1-7H2,(H2,14,15). The smallest absolute Gasteiger partial charge is 0.389 e. The fraction of sp³-hybridized carbons (Fsp3) is 0.900. The summed E-state index contributed by atoms with van der Waals surface area (Å²) in [6.45, 7) is 0. The molecule has 4 N–H and O–H groups in total. The highest BCUT2D eigenvalue weighted by Crippen LogP contribution is 2.31. The second-order valence-corrected chi connectivity index (χ2v) is 6.76. The van der Waals surface area contributed by atoms with E-state index in [2.05, 4.69) is 9.88 Å². The molecule has 0 bridgehead atoms. The largest absolute Gasteiger partial charge is 0.409 e. The number of sulfonamides is 1. The van der Waals surface area contributed by atoms with Crippen LogP contribution in [0.1, 0.15) is 38.5 Å². The molecular weight excluding hydrogens is 299 g/mol. The SMILES string of the molecule is NC(=NO)C1(NS(=O)(=O)CCCC(F)(F)F)CCCC1. The van der Waals surface area contributed by atoms with E-state index in [1.54, 1.807) is 0 Å². The van der Waals surface area contributed by atoms with Crippen LogP contribution < -0.4 is 10.5 Å². The predicted octanol–water partition coefficient (Wildman–Crippen LogP) is 1.31. The third kappa shape index (κ3) is 4.82. The zero-order valence-corrected chi connectivity index (χ0v) is 11.6. The van der Waals surface area contributed by atoms with Gasteiger partial charge in [-0.1, -0.05) is 18.0 Å². The van der Waals surface area contributed by atoms with Gasteiger partial charge in [0.2, 0.25) is 10.0 Å². The third-order valence-electron chi connectivity index (χ3n) is 3.28. The molecule has 0 aromatic rings. The maximum Gasteiger partial charge on any atom is 0.389 e. The number of hydrogen-bond donors (Lipinski definition) is 3. The Kier molecular flexibility index (Phi) is 5.25. The topological polar surface area (TPSA) is 105 Å². The van der Waals surface area contributed by atoms with Crippen molar-refractivity contribution in [2.24, 2.45) is 10.9 Å². The summed E-state index contributed by atoms with van der Waals surface area (Å²) in [5, 5.41) is 11.6. The maximum absolute atomic E-state index is 12.0. The Balaban J connectivity index is 2.68. The van der Waals surface area contributed by atoms with Crippen LogP contribution in [0.15, 0.2) is 5.16 Å². The Bertz CT molecular complexity index is 456. The van der Waals surface area contributed by atoms with Gasteiger partial charge in [-0.25, -0.2) is 13.1 Å². The van der Waals surface area contributed by atoms with Crippen LogP contribution in [0.5, 0.6) is 0 Å². The molecule has 1 aliphatic carbocycles. The van der Waals surface area contributed by atoms with E-state index in [9.17, 15) is 21.6 Å². The molecule has 0 amide bonds. The van der Waals surface area contributed by atoms with Crippen LogP contribution in [0.25, 0.3) is 0 Å². The molecule has 118 valence electrons. The fourth-order valence-corrected chi connectivity index (χ4v) is 3.83. The van der Waals surface area contributed by atoms with Gasteiger partial charge in [-0.15, -0.1) is 0 Å². The molecule has 0 spiro atoms. The van der Waals surface area contributed by atoms with Gasteiger partial charge in [-0.3, -0.25) is 0 Å². The van der Waals surface area contributed by atoms with Gasteiger partial charge in [-0.2, -0.15) is 13.2 Å². The molecule has 1 saturated carbocycles. The minimum absolute atomic E-state index is 0.255. The molecule has 0 aromatic heterocycles. The van der Waals surface area contributed by atoms with Crippen molar-refractivity contribution < 1.29 is 26.8 Å². The van der Waals surface area contributed by atoms with Crippen molar-refractivity contribution in [1.82, 2.24) is 4.72 Å². The van der Waals surface area contributed by atoms with E-state index in [-0.39, 0.29) is 5.84 Å². The van der Waals surface area contributed by atoms with Crippen molar-refractivity contribution >= 4 is 15.9 Å². The quantitative estimate of drug-likeness (QED) is 0.297. The summed E-state index contributed by atoms with van der Waals surface area (Å²) in [5.41, 5.74) is 4.34. The minimum atomic E-state index is -4.38. The molecule has 6 nitrogen and oxygen atoms in total. The molecule has 0 aromatic carbocycles. The summed E-state index contributed by atoms with van der Waals surface area (Å²) in [5.74, 6) is -0.901. The van der Waals surface area contributed by atoms with Crippen LogP contribution in [-0.4, -0.2) is 36.9 Å². The van der Waals surface area contributed by atoms with E-state index in [4.69, 9.17) is 10.9 Å². The van der Waals surface area contributed by atoms with E-state index in [1.807, 2.05) is 0 Å². The molecule has 0 aliphatic heterocycles. The first kappa shape index (κ1) is 17.0. The van der Waals surface area contributed by atoms with E-state index in [0.29, 0.717) is 25.7 Å². The number of amidine groups is 1. The Morgan fingerprint density at radius 2 is 1.90 bits per heavy atom. The van der Waals surface area contributed by atoms with Crippen LogP contribution in [0.2, 0.25) is 0 Å². The monoisotopic (exact) mass is 317 g/mol. The highest BCUT2D eigenvalue weighted by atomic mass is 32.2. The highest BCUT2D eigenvalue weighted by Gasteiger charge is 2.41. The normalized spacial score (nSPS) is 20.2. The molecule has 10 heteroatoms. The number of alkyl halides is 3. The molecule has 0 saturated heterocycles. The number of nitrogens with one attached hydrogen (secondary N) is 1. The highest BCUT2D eigenvalue weighted by molar-refractivity contribution is 7.89. The molecular formula is C10H18F3N3O3S. The summed E-state index contributed by atoms with van der Waals surface area (Å²) in [6, 6.07) is 0. The average molecular weight is 317 g/mol. The van der Waals surface area contributed by atoms with E-state index >= 15 is 0 Å². The van der Waals surface area contributed by atoms with Crippen LogP contribution in [0, 0.1) is 0 Å². The Morgan fingerprint density at radius 1 is 1.35 bits per heavy atom. The number of halogens is 3. The van der Waals surface area contributed by atoms with Gasteiger partial charge >= 0.3 is 6.18 Å². The number of nitrogens with two attached hydrogens (primary N) is 1. The van der Waals surface area contributed by atoms with Crippen molar-refractivity contribution in [2.75, 3.05) is 5.75 Å². The Labute approximate surface area is 115 Å². The molecule has 1 rings (SSSR count).